The predicted octanol–water partition coefficient (Wildman–Crippen LogP) is 3.50. The first-order valence-corrected chi connectivity index (χ1v) is 5.94. The Labute approximate surface area is 111 Å². The van der Waals surface area contributed by atoms with Gasteiger partial charge in [-0.2, -0.15) is 0 Å². The first-order chi connectivity index (χ1) is 9.22. The summed E-state index contributed by atoms with van der Waals surface area (Å²) in [6, 6.07) is 12.0. The van der Waals surface area contributed by atoms with Crippen molar-refractivity contribution >= 4 is 12.2 Å². The van der Waals surface area contributed by atoms with Crippen molar-refractivity contribution in [3.05, 3.63) is 65.0 Å². The Morgan fingerprint density at radius 2 is 1.84 bits per heavy atom. The first-order valence-electron chi connectivity index (χ1n) is 5.94. The Bertz CT molecular complexity index is 574. The van der Waals surface area contributed by atoms with Crippen molar-refractivity contribution in [3.63, 3.8) is 0 Å². The number of hydrogen-bond acceptors (Lipinski definition) is 2. The molecule has 0 saturated carbocycles. The zero-order valence-corrected chi connectivity index (χ0v) is 10.6. The van der Waals surface area contributed by atoms with E-state index in [2.05, 4.69) is 0 Å². The van der Waals surface area contributed by atoms with Crippen molar-refractivity contribution < 1.29 is 14.2 Å². The average Bonchev–Trinajstić information content (AvgIpc) is 2.46. The van der Waals surface area contributed by atoms with E-state index in [1.807, 2.05) is 36.4 Å². The monoisotopic (exact) mass is 258 g/mol. The molecule has 19 heavy (non-hydrogen) atoms. The van der Waals surface area contributed by atoms with Gasteiger partial charge in [-0.15, -0.1) is 0 Å². The molecule has 0 aromatic heterocycles. The molecule has 2 aromatic carbocycles. The van der Waals surface area contributed by atoms with Crippen LogP contribution < -0.4 is 4.74 Å². The van der Waals surface area contributed by atoms with Crippen molar-refractivity contribution in [1.29, 1.82) is 0 Å². The van der Waals surface area contributed by atoms with Crippen molar-refractivity contribution in [2.45, 2.75) is 6.61 Å². The largest absolute Gasteiger partial charge is 0.497 e. The molecule has 0 saturated heterocycles. The molecular weight excluding hydrogens is 243 g/mol. The molecule has 0 atom stereocenters. The fraction of sp³-hybridized carbons (Fsp3) is 0.125. The number of methoxy groups -OCH3 is 1. The van der Waals surface area contributed by atoms with E-state index in [9.17, 15) is 9.50 Å². The zero-order chi connectivity index (χ0) is 13.7. The average molecular weight is 258 g/mol. The van der Waals surface area contributed by atoms with E-state index in [4.69, 9.17) is 4.74 Å². The van der Waals surface area contributed by atoms with E-state index >= 15 is 0 Å². The maximum Gasteiger partial charge on any atom is 0.123 e. The summed E-state index contributed by atoms with van der Waals surface area (Å²) < 4.78 is 18.1. The minimum atomic E-state index is -0.342. The number of ether oxygens (including phenoxy) is 1. The highest BCUT2D eigenvalue weighted by atomic mass is 19.1. The molecule has 0 aliphatic carbocycles. The van der Waals surface area contributed by atoms with Crippen molar-refractivity contribution in [2.75, 3.05) is 7.11 Å². The highest BCUT2D eigenvalue weighted by molar-refractivity contribution is 5.71. The van der Waals surface area contributed by atoms with Crippen LogP contribution >= 0.6 is 0 Å². The van der Waals surface area contributed by atoms with Gasteiger partial charge in [0.1, 0.15) is 11.6 Å². The summed E-state index contributed by atoms with van der Waals surface area (Å²) in [5.74, 6) is 0.459. The standard InChI is InChI=1S/C16H15FO2/c1-19-16-8-3-12(4-9-16)2-5-13-6-7-15(17)10-14(13)11-18/h2-10,18H,11H2,1H3. The third kappa shape index (κ3) is 3.42. The molecule has 0 amide bonds. The molecule has 1 N–H and O–H groups in total. The number of aliphatic hydroxyl groups excluding tert-OH is 1. The predicted molar refractivity (Wildman–Crippen MR) is 74.2 cm³/mol. The first kappa shape index (κ1) is 13.3. The van der Waals surface area contributed by atoms with Crippen LogP contribution in [0.3, 0.4) is 0 Å². The molecule has 0 unspecified atom stereocenters. The summed E-state index contributed by atoms with van der Waals surface area (Å²) in [4.78, 5) is 0. The summed E-state index contributed by atoms with van der Waals surface area (Å²) in [5.41, 5.74) is 2.39. The molecule has 0 fully saturated rings. The van der Waals surface area contributed by atoms with E-state index in [0.29, 0.717) is 5.56 Å². The van der Waals surface area contributed by atoms with Gasteiger partial charge < -0.3 is 9.84 Å². The second kappa shape index (κ2) is 6.16. The van der Waals surface area contributed by atoms with Crippen molar-refractivity contribution in [3.8, 4) is 5.75 Å². The van der Waals surface area contributed by atoms with E-state index in [1.165, 1.54) is 12.1 Å². The number of rotatable bonds is 4. The molecule has 2 aromatic rings. The van der Waals surface area contributed by atoms with Gasteiger partial charge in [0.15, 0.2) is 0 Å². The molecule has 98 valence electrons. The fourth-order valence-corrected chi connectivity index (χ4v) is 1.77. The minimum Gasteiger partial charge on any atom is -0.497 e. The maximum atomic E-state index is 13.0. The lowest BCUT2D eigenvalue weighted by Gasteiger charge is -2.03. The molecule has 3 heteroatoms. The van der Waals surface area contributed by atoms with E-state index < -0.39 is 0 Å². The quantitative estimate of drug-likeness (QED) is 0.850. The molecule has 0 bridgehead atoms. The number of hydrogen-bond donors (Lipinski definition) is 1. The molecule has 2 rings (SSSR count). The summed E-state index contributed by atoms with van der Waals surface area (Å²) in [6.45, 7) is -0.181. The molecule has 0 heterocycles. The van der Waals surface area contributed by atoms with E-state index in [0.717, 1.165) is 16.9 Å². The Morgan fingerprint density at radius 1 is 1.11 bits per heavy atom. The third-order valence-electron chi connectivity index (χ3n) is 2.85. The molecule has 0 aliphatic rings. The van der Waals surface area contributed by atoms with Crippen LogP contribution in [-0.2, 0) is 6.61 Å². The van der Waals surface area contributed by atoms with Crippen LogP contribution in [0.5, 0.6) is 5.75 Å². The van der Waals surface area contributed by atoms with Gasteiger partial charge in [-0.3, -0.25) is 0 Å². The third-order valence-corrected chi connectivity index (χ3v) is 2.85. The van der Waals surface area contributed by atoms with Crippen molar-refractivity contribution in [2.24, 2.45) is 0 Å². The lowest BCUT2D eigenvalue weighted by molar-refractivity contribution is 0.281. The molecular formula is C16H15FO2. The summed E-state index contributed by atoms with van der Waals surface area (Å²) in [6.07, 6.45) is 3.76. The van der Waals surface area contributed by atoms with Crippen LogP contribution in [0.25, 0.3) is 12.2 Å². The Morgan fingerprint density at radius 3 is 2.47 bits per heavy atom. The van der Waals surface area contributed by atoms with Crippen LogP contribution in [0.2, 0.25) is 0 Å². The van der Waals surface area contributed by atoms with Gasteiger partial charge in [-0.05, 0) is 41.0 Å². The summed E-state index contributed by atoms with van der Waals surface area (Å²) in [7, 11) is 1.62. The van der Waals surface area contributed by atoms with Gasteiger partial charge >= 0.3 is 0 Å². The second-order valence-electron chi connectivity index (χ2n) is 4.11. The van der Waals surface area contributed by atoms with Crippen LogP contribution in [0.4, 0.5) is 4.39 Å². The minimum absolute atomic E-state index is 0.181. The van der Waals surface area contributed by atoms with Crippen LogP contribution in [0, 0.1) is 5.82 Å². The highest BCUT2D eigenvalue weighted by Gasteiger charge is 2.00. The van der Waals surface area contributed by atoms with Gasteiger partial charge in [-0.25, -0.2) is 4.39 Å². The normalized spacial score (nSPS) is 10.9. The van der Waals surface area contributed by atoms with Gasteiger partial charge in [0.25, 0.3) is 0 Å². The number of halogens is 1. The summed E-state index contributed by atoms with van der Waals surface area (Å²) in [5, 5.41) is 9.19. The smallest absolute Gasteiger partial charge is 0.123 e. The second-order valence-corrected chi connectivity index (χ2v) is 4.11. The van der Waals surface area contributed by atoms with Crippen LogP contribution in [0.1, 0.15) is 16.7 Å². The van der Waals surface area contributed by atoms with Crippen LogP contribution in [-0.4, -0.2) is 12.2 Å². The van der Waals surface area contributed by atoms with E-state index in [1.54, 1.807) is 13.2 Å². The topological polar surface area (TPSA) is 29.5 Å². The SMILES string of the molecule is COc1ccc(C=Cc2ccc(F)cc2CO)cc1. The van der Waals surface area contributed by atoms with Gasteiger partial charge in [0, 0.05) is 0 Å². The molecule has 2 nitrogen and oxygen atoms in total. The van der Waals surface area contributed by atoms with Gasteiger partial charge in [0.2, 0.25) is 0 Å². The highest BCUT2D eigenvalue weighted by Crippen LogP contribution is 2.17. The summed E-state index contributed by atoms with van der Waals surface area (Å²) >= 11 is 0. The molecule has 0 spiro atoms. The van der Waals surface area contributed by atoms with Crippen LogP contribution in [0.15, 0.2) is 42.5 Å². The Hall–Kier alpha value is -2.13. The number of benzene rings is 2. The van der Waals surface area contributed by atoms with Crippen molar-refractivity contribution in [1.82, 2.24) is 0 Å². The van der Waals surface area contributed by atoms with E-state index in [-0.39, 0.29) is 12.4 Å². The Kier molecular flexibility index (Phi) is 4.31. The van der Waals surface area contributed by atoms with Gasteiger partial charge in [-0.1, -0.05) is 30.4 Å². The lowest BCUT2D eigenvalue weighted by atomic mass is 10.1. The molecule has 0 radical (unpaired) electrons. The maximum absolute atomic E-state index is 13.0. The Balaban J connectivity index is 2.21. The lowest BCUT2D eigenvalue weighted by Crippen LogP contribution is -1.89. The fourth-order valence-electron chi connectivity index (χ4n) is 1.77. The molecule has 0 aliphatic heterocycles. The van der Waals surface area contributed by atoms with Gasteiger partial charge in [0.05, 0.1) is 13.7 Å². The number of aliphatic hydroxyl groups is 1. The zero-order valence-electron chi connectivity index (χ0n) is 10.6.